The molecule has 1 saturated heterocycles. The molecule has 0 saturated carbocycles. The zero-order valence-electron chi connectivity index (χ0n) is 6.43. The van der Waals surface area contributed by atoms with Crippen molar-refractivity contribution in [2.24, 2.45) is 0 Å². The van der Waals surface area contributed by atoms with Crippen molar-refractivity contribution in [3.8, 4) is 0 Å². The summed E-state index contributed by atoms with van der Waals surface area (Å²) in [5, 5.41) is 0. The first-order valence-corrected chi connectivity index (χ1v) is 5.28. The summed E-state index contributed by atoms with van der Waals surface area (Å²) >= 11 is 18.1. The van der Waals surface area contributed by atoms with Gasteiger partial charge in [-0.1, -0.05) is 24.4 Å². The second-order valence-corrected chi connectivity index (χ2v) is 4.76. The normalized spacial score (nSPS) is 17.8. The van der Waals surface area contributed by atoms with Gasteiger partial charge in [0.25, 0.3) is 0 Å². The lowest BCUT2D eigenvalue weighted by Crippen LogP contribution is -2.47. The van der Waals surface area contributed by atoms with Crippen molar-refractivity contribution in [3.63, 3.8) is 0 Å². The number of rotatable bonds is 0. The van der Waals surface area contributed by atoms with Crippen LogP contribution >= 0.6 is 49.7 Å². The number of thiocarbonyl (C=S) groups is 2. The molecule has 6 heteroatoms. The summed E-state index contributed by atoms with van der Waals surface area (Å²) in [6, 6.07) is 0. The van der Waals surface area contributed by atoms with Crippen LogP contribution < -0.4 is 0 Å². The van der Waals surface area contributed by atoms with Gasteiger partial charge in [-0.25, -0.2) is 0 Å². The van der Waals surface area contributed by atoms with Crippen molar-refractivity contribution in [2.45, 2.75) is 0 Å². The first-order chi connectivity index (χ1) is 5.61. The predicted molar refractivity (Wildman–Crippen MR) is 66.3 cm³/mol. The van der Waals surface area contributed by atoms with E-state index < -0.39 is 0 Å². The van der Waals surface area contributed by atoms with Crippen LogP contribution in [0.1, 0.15) is 0 Å². The summed E-state index contributed by atoms with van der Waals surface area (Å²) in [6.45, 7) is 3.57. The van der Waals surface area contributed by atoms with Crippen LogP contribution in [0.2, 0.25) is 0 Å². The second-order valence-electron chi connectivity index (χ2n) is 2.54. The summed E-state index contributed by atoms with van der Waals surface area (Å²) in [6.07, 6.45) is 0. The summed E-state index contributed by atoms with van der Waals surface area (Å²) in [4.78, 5) is 4.11. The highest BCUT2D eigenvalue weighted by Crippen LogP contribution is 2.06. The minimum atomic E-state index is 0.666. The molecule has 1 aliphatic rings. The number of hydrogen-bond donors (Lipinski definition) is 2. The molecule has 0 aromatic heterocycles. The van der Waals surface area contributed by atoms with E-state index in [0.717, 1.165) is 26.2 Å². The summed E-state index contributed by atoms with van der Waals surface area (Å²) in [5.74, 6) is 0. The number of piperazine rings is 1. The molecule has 1 aliphatic heterocycles. The van der Waals surface area contributed by atoms with Crippen molar-refractivity contribution >= 4 is 58.3 Å². The van der Waals surface area contributed by atoms with Gasteiger partial charge in [0.15, 0.2) is 0 Å². The molecule has 0 aliphatic carbocycles. The Balaban J connectivity index is 2.39. The van der Waals surface area contributed by atoms with Crippen LogP contribution in [0.15, 0.2) is 0 Å². The molecule has 1 fully saturated rings. The van der Waals surface area contributed by atoms with Crippen LogP contribution in [0.5, 0.6) is 0 Å². The molecule has 0 atom stereocenters. The van der Waals surface area contributed by atoms with Crippen LogP contribution in [0, 0.1) is 0 Å². The Labute approximate surface area is 94.1 Å². The maximum Gasteiger partial charge on any atom is 0.133 e. The largest absolute Gasteiger partial charge is 0.354 e. The van der Waals surface area contributed by atoms with Crippen molar-refractivity contribution < 1.29 is 0 Å². The Morgan fingerprint density at radius 1 is 0.833 bits per heavy atom. The predicted octanol–water partition coefficient (Wildman–Crippen LogP) is 1.03. The third-order valence-corrected chi connectivity index (χ3v) is 2.90. The molecule has 0 bridgehead atoms. The molecule has 2 nitrogen and oxygen atoms in total. The molecule has 0 amide bonds. The fraction of sp³-hybridized carbons (Fsp3) is 0.667. The molecule has 0 unspecified atom stereocenters. The molecule has 0 aromatic rings. The topological polar surface area (TPSA) is 6.48 Å². The number of thiol groups is 2. The maximum absolute atomic E-state index is 4.94. The molecule has 68 valence electrons. The zero-order valence-corrected chi connectivity index (χ0v) is 9.86. The van der Waals surface area contributed by atoms with Gasteiger partial charge in [-0.2, -0.15) is 0 Å². The van der Waals surface area contributed by atoms with Gasteiger partial charge < -0.3 is 9.80 Å². The molecular formula is C6H10N2S4. The van der Waals surface area contributed by atoms with Crippen LogP contribution in [0.3, 0.4) is 0 Å². The molecule has 0 spiro atoms. The lowest BCUT2D eigenvalue weighted by Gasteiger charge is -2.35. The average molecular weight is 238 g/mol. The van der Waals surface area contributed by atoms with E-state index in [1.165, 1.54) is 0 Å². The molecule has 12 heavy (non-hydrogen) atoms. The minimum Gasteiger partial charge on any atom is -0.354 e. The van der Waals surface area contributed by atoms with E-state index in [9.17, 15) is 0 Å². The Morgan fingerprint density at radius 3 is 1.25 bits per heavy atom. The maximum atomic E-state index is 4.94. The first kappa shape index (κ1) is 10.6. The highest BCUT2D eigenvalue weighted by atomic mass is 32.1. The third kappa shape index (κ3) is 2.76. The van der Waals surface area contributed by atoms with E-state index in [4.69, 9.17) is 24.4 Å². The van der Waals surface area contributed by atoms with Gasteiger partial charge in [-0.3, -0.25) is 0 Å². The van der Waals surface area contributed by atoms with Crippen molar-refractivity contribution in [2.75, 3.05) is 26.2 Å². The fourth-order valence-corrected chi connectivity index (χ4v) is 1.85. The Morgan fingerprint density at radius 2 is 1.08 bits per heavy atom. The van der Waals surface area contributed by atoms with Crippen molar-refractivity contribution in [1.82, 2.24) is 9.80 Å². The van der Waals surface area contributed by atoms with Gasteiger partial charge in [-0.15, -0.1) is 25.3 Å². The monoisotopic (exact) mass is 238 g/mol. The van der Waals surface area contributed by atoms with E-state index in [1.54, 1.807) is 0 Å². The van der Waals surface area contributed by atoms with Gasteiger partial charge in [0.2, 0.25) is 0 Å². The standard InChI is InChI=1S/C6H10N2S4/c9-5(10)7-1-2-8(4-3-7)6(11)12/h1-4H2,(H,9,10)(H,11,12). The lowest BCUT2D eigenvalue weighted by atomic mass is 10.4. The van der Waals surface area contributed by atoms with E-state index in [1.807, 2.05) is 0 Å². The SMILES string of the molecule is S=C(S)N1CCN(C(=S)S)CC1. The smallest absolute Gasteiger partial charge is 0.133 e. The Kier molecular flexibility index (Phi) is 4.09. The molecule has 0 N–H and O–H groups in total. The summed E-state index contributed by atoms with van der Waals surface area (Å²) in [5.41, 5.74) is 0. The summed E-state index contributed by atoms with van der Waals surface area (Å²) < 4.78 is 1.33. The van der Waals surface area contributed by atoms with Crippen LogP contribution in [-0.2, 0) is 0 Å². The van der Waals surface area contributed by atoms with Gasteiger partial charge in [0.05, 0.1) is 0 Å². The molecular weight excluding hydrogens is 228 g/mol. The fourth-order valence-electron chi connectivity index (χ4n) is 1.09. The number of nitrogens with zero attached hydrogens (tertiary/aromatic N) is 2. The van der Waals surface area contributed by atoms with Gasteiger partial charge in [0, 0.05) is 26.2 Å². The first-order valence-electron chi connectivity index (χ1n) is 3.57. The highest BCUT2D eigenvalue weighted by Gasteiger charge is 2.17. The minimum absolute atomic E-state index is 0.666. The Hall–Kier alpha value is 0.480. The number of hydrogen-bond acceptors (Lipinski definition) is 2. The second kappa shape index (κ2) is 4.64. The van der Waals surface area contributed by atoms with E-state index in [-0.39, 0.29) is 0 Å². The molecule has 1 rings (SSSR count). The highest BCUT2D eigenvalue weighted by molar-refractivity contribution is 8.11. The Bertz CT molecular complexity index is 176. The van der Waals surface area contributed by atoms with Crippen LogP contribution in [0.25, 0.3) is 0 Å². The lowest BCUT2D eigenvalue weighted by molar-refractivity contribution is 0.271. The van der Waals surface area contributed by atoms with Gasteiger partial charge in [-0.05, 0) is 0 Å². The van der Waals surface area contributed by atoms with E-state index in [2.05, 4.69) is 35.1 Å². The van der Waals surface area contributed by atoms with E-state index in [0.29, 0.717) is 8.64 Å². The quantitative estimate of drug-likeness (QED) is 0.480. The van der Waals surface area contributed by atoms with Crippen LogP contribution in [-0.4, -0.2) is 44.6 Å². The molecule has 0 aromatic carbocycles. The summed E-state index contributed by atoms with van der Waals surface area (Å²) in [7, 11) is 0. The zero-order chi connectivity index (χ0) is 9.14. The van der Waals surface area contributed by atoms with Gasteiger partial charge >= 0.3 is 0 Å². The third-order valence-electron chi connectivity index (χ3n) is 1.82. The van der Waals surface area contributed by atoms with Crippen LogP contribution in [0.4, 0.5) is 0 Å². The van der Waals surface area contributed by atoms with Crippen molar-refractivity contribution in [3.05, 3.63) is 0 Å². The molecule has 0 radical (unpaired) electrons. The van der Waals surface area contributed by atoms with Crippen molar-refractivity contribution in [1.29, 1.82) is 0 Å². The molecule has 1 heterocycles. The van der Waals surface area contributed by atoms with E-state index >= 15 is 0 Å². The van der Waals surface area contributed by atoms with Gasteiger partial charge in [0.1, 0.15) is 8.64 Å². The average Bonchev–Trinajstić information content (AvgIpc) is 2.04.